The van der Waals surface area contributed by atoms with Crippen molar-refractivity contribution in [2.45, 2.75) is 56.4 Å². The number of rotatable bonds is 10. The molecule has 40 heavy (non-hydrogen) atoms. The van der Waals surface area contributed by atoms with Crippen LogP contribution < -0.4 is 14.8 Å². The van der Waals surface area contributed by atoms with E-state index in [0.29, 0.717) is 17.1 Å². The Kier molecular flexibility index (Phi) is 8.97. The van der Waals surface area contributed by atoms with Gasteiger partial charge < -0.3 is 24.6 Å². The van der Waals surface area contributed by atoms with Crippen LogP contribution in [0, 0.1) is 5.82 Å². The van der Waals surface area contributed by atoms with Gasteiger partial charge in [-0.1, -0.05) is 36.4 Å². The second kappa shape index (κ2) is 12.2. The van der Waals surface area contributed by atoms with Gasteiger partial charge in [0, 0.05) is 13.1 Å². The van der Waals surface area contributed by atoms with Crippen molar-refractivity contribution in [2.75, 3.05) is 13.3 Å². The lowest BCUT2D eigenvalue weighted by Gasteiger charge is -2.30. The minimum Gasteiger partial charge on any atom is -0.454 e. The van der Waals surface area contributed by atoms with Crippen molar-refractivity contribution in [3.05, 3.63) is 89.7 Å². The summed E-state index contributed by atoms with van der Waals surface area (Å²) in [4.78, 5) is 12.5. The molecule has 1 aliphatic rings. The molecule has 0 unspecified atom stereocenters. The summed E-state index contributed by atoms with van der Waals surface area (Å²) in [7, 11) is -4.20. The Morgan fingerprint density at radius 1 is 1.02 bits per heavy atom. The van der Waals surface area contributed by atoms with Gasteiger partial charge in [0.2, 0.25) is 16.8 Å². The zero-order chi connectivity index (χ0) is 28.9. The van der Waals surface area contributed by atoms with E-state index in [1.165, 1.54) is 12.1 Å². The summed E-state index contributed by atoms with van der Waals surface area (Å²) < 4.78 is 58.3. The molecule has 1 aliphatic heterocycles. The van der Waals surface area contributed by atoms with Gasteiger partial charge in [0.05, 0.1) is 17.0 Å². The number of benzene rings is 3. The minimum absolute atomic E-state index is 0.0621. The van der Waals surface area contributed by atoms with E-state index < -0.39 is 39.7 Å². The van der Waals surface area contributed by atoms with Crippen molar-refractivity contribution in [2.24, 2.45) is 0 Å². The fraction of sp³-hybridized carbons (Fsp3) is 0.345. The molecule has 4 rings (SSSR count). The summed E-state index contributed by atoms with van der Waals surface area (Å²) >= 11 is 0. The van der Waals surface area contributed by atoms with Crippen LogP contribution in [-0.2, 0) is 27.7 Å². The summed E-state index contributed by atoms with van der Waals surface area (Å²) in [6.07, 6.45) is -1.86. The first kappa shape index (κ1) is 29.3. The number of alkyl carbamates (subject to hydrolysis) is 1. The van der Waals surface area contributed by atoms with Crippen molar-refractivity contribution < 1.29 is 36.9 Å². The molecule has 1 heterocycles. The first-order valence-electron chi connectivity index (χ1n) is 12.8. The smallest absolute Gasteiger partial charge is 0.407 e. The Morgan fingerprint density at radius 2 is 1.70 bits per heavy atom. The predicted molar refractivity (Wildman–Crippen MR) is 146 cm³/mol. The number of fused-ring (bicyclic) bond motifs is 1. The number of aliphatic hydroxyl groups is 1. The second-order valence-electron chi connectivity index (χ2n) is 10.4. The van der Waals surface area contributed by atoms with Gasteiger partial charge in [-0.05, 0) is 74.7 Å². The monoisotopic (exact) mass is 572 g/mol. The third-order valence-electron chi connectivity index (χ3n) is 6.10. The van der Waals surface area contributed by atoms with Crippen LogP contribution in [0.4, 0.5) is 9.18 Å². The maximum atomic E-state index is 13.7. The van der Waals surface area contributed by atoms with Gasteiger partial charge in [0.1, 0.15) is 11.4 Å². The summed E-state index contributed by atoms with van der Waals surface area (Å²) in [6, 6.07) is 17.8. The number of halogens is 1. The fourth-order valence-electron chi connectivity index (χ4n) is 4.19. The lowest BCUT2D eigenvalue weighted by atomic mass is 10.0. The highest BCUT2D eigenvalue weighted by Crippen LogP contribution is 2.33. The number of hydrogen-bond acceptors (Lipinski definition) is 7. The van der Waals surface area contributed by atoms with E-state index >= 15 is 0 Å². The number of amides is 1. The van der Waals surface area contributed by atoms with Gasteiger partial charge in [-0.25, -0.2) is 17.6 Å². The van der Waals surface area contributed by atoms with Crippen molar-refractivity contribution >= 4 is 16.1 Å². The molecule has 1 amide bonds. The maximum Gasteiger partial charge on any atom is 0.407 e. The molecule has 0 radical (unpaired) electrons. The standard InChI is InChI=1S/C29H33FN2O7S/c1-29(2,3)39-28(34)31-24(15-20-7-5-4-6-8-20)25(33)18-32(40(35,36)23-12-10-22(30)11-13-23)17-21-9-14-26-27(16-21)38-19-37-26/h4-14,16,24-25,33H,15,17-19H2,1-3H3,(H,31,34)/t24-,25+/m0/s1. The van der Waals surface area contributed by atoms with Crippen molar-refractivity contribution in [1.82, 2.24) is 9.62 Å². The molecule has 3 aromatic carbocycles. The normalized spacial score (nSPS) is 14.6. The van der Waals surface area contributed by atoms with Gasteiger partial charge in [0.25, 0.3) is 0 Å². The summed E-state index contributed by atoms with van der Waals surface area (Å²) in [5.74, 6) is 0.442. The van der Waals surface area contributed by atoms with E-state index in [4.69, 9.17) is 14.2 Å². The van der Waals surface area contributed by atoms with Crippen LogP contribution in [0.3, 0.4) is 0 Å². The summed E-state index contributed by atoms with van der Waals surface area (Å²) in [5.41, 5.74) is 0.636. The van der Waals surface area contributed by atoms with E-state index in [2.05, 4.69) is 5.32 Å². The SMILES string of the molecule is CC(C)(C)OC(=O)N[C@@H](Cc1ccccc1)[C@H](O)CN(Cc1ccc2c(c1)OCO2)S(=O)(=O)c1ccc(F)cc1. The van der Waals surface area contributed by atoms with Crippen molar-refractivity contribution in [1.29, 1.82) is 0 Å². The average Bonchev–Trinajstić information content (AvgIpc) is 3.36. The molecular weight excluding hydrogens is 539 g/mol. The van der Waals surface area contributed by atoms with E-state index in [1.54, 1.807) is 39.0 Å². The first-order valence-corrected chi connectivity index (χ1v) is 14.2. The number of nitrogens with zero attached hydrogens (tertiary/aromatic N) is 1. The molecule has 0 aliphatic carbocycles. The van der Waals surface area contributed by atoms with E-state index in [1.807, 2.05) is 30.3 Å². The fourth-order valence-corrected chi connectivity index (χ4v) is 5.64. The molecule has 2 atom stereocenters. The number of hydrogen-bond donors (Lipinski definition) is 2. The average molecular weight is 573 g/mol. The molecule has 0 saturated heterocycles. The van der Waals surface area contributed by atoms with E-state index in [0.717, 1.165) is 22.0 Å². The third-order valence-corrected chi connectivity index (χ3v) is 7.93. The van der Waals surface area contributed by atoms with Gasteiger partial charge in [0.15, 0.2) is 11.5 Å². The van der Waals surface area contributed by atoms with Crippen LogP contribution >= 0.6 is 0 Å². The van der Waals surface area contributed by atoms with Crippen LogP contribution in [0.1, 0.15) is 31.9 Å². The molecule has 0 aromatic heterocycles. The topological polar surface area (TPSA) is 114 Å². The lowest BCUT2D eigenvalue weighted by molar-refractivity contribution is 0.0400. The quantitative estimate of drug-likeness (QED) is 0.374. The highest BCUT2D eigenvalue weighted by atomic mass is 32.2. The largest absolute Gasteiger partial charge is 0.454 e. The van der Waals surface area contributed by atoms with Gasteiger partial charge in [-0.3, -0.25) is 0 Å². The molecule has 214 valence electrons. The minimum atomic E-state index is -4.20. The molecule has 0 spiro atoms. The Hall–Kier alpha value is -3.67. The van der Waals surface area contributed by atoms with Crippen LogP contribution in [0.5, 0.6) is 11.5 Å². The summed E-state index contributed by atoms with van der Waals surface area (Å²) in [6.45, 7) is 4.72. The van der Waals surface area contributed by atoms with Crippen LogP contribution in [0.15, 0.2) is 77.7 Å². The zero-order valence-corrected chi connectivity index (χ0v) is 23.4. The molecule has 3 aromatic rings. The van der Waals surface area contributed by atoms with Crippen LogP contribution in [0.25, 0.3) is 0 Å². The van der Waals surface area contributed by atoms with E-state index in [9.17, 15) is 22.7 Å². The molecular formula is C29H33FN2O7S. The Bertz CT molecular complexity index is 1410. The Balaban J connectivity index is 1.63. The third kappa shape index (κ3) is 7.71. The molecule has 11 heteroatoms. The first-order chi connectivity index (χ1) is 18.9. The molecule has 0 bridgehead atoms. The number of nitrogens with one attached hydrogen (secondary N) is 1. The molecule has 2 N–H and O–H groups in total. The molecule has 0 saturated carbocycles. The molecule has 0 fully saturated rings. The molecule has 9 nitrogen and oxygen atoms in total. The van der Waals surface area contributed by atoms with E-state index in [-0.39, 0.29) is 31.2 Å². The van der Waals surface area contributed by atoms with Crippen molar-refractivity contribution in [3.8, 4) is 11.5 Å². The Labute approximate surface area is 233 Å². The van der Waals surface area contributed by atoms with Crippen LogP contribution in [-0.4, -0.2) is 55.0 Å². The second-order valence-corrected chi connectivity index (χ2v) is 12.4. The maximum absolute atomic E-state index is 13.7. The number of carbonyl (C=O) groups is 1. The number of aliphatic hydroxyl groups excluding tert-OH is 1. The van der Waals surface area contributed by atoms with Crippen molar-refractivity contribution in [3.63, 3.8) is 0 Å². The highest BCUT2D eigenvalue weighted by molar-refractivity contribution is 7.89. The zero-order valence-electron chi connectivity index (χ0n) is 22.5. The predicted octanol–water partition coefficient (Wildman–Crippen LogP) is 4.24. The Morgan fingerprint density at radius 3 is 2.38 bits per heavy atom. The van der Waals surface area contributed by atoms with Gasteiger partial charge >= 0.3 is 6.09 Å². The number of sulfonamides is 1. The van der Waals surface area contributed by atoms with Gasteiger partial charge in [-0.15, -0.1) is 0 Å². The van der Waals surface area contributed by atoms with Crippen LogP contribution in [0.2, 0.25) is 0 Å². The van der Waals surface area contributed by atoms with Gasteiger partial charge in [-0.2, -0.15) is 4.31 Å². The lowest BCUT2D eigenvalue weighted by Crippen LogP contribution is -2.51. The number of ether oxygens (including phenoxy) is 3. The number of carbonyl (C=O) groups excluding carboxylic acids is 1. The summed E-state index contributed by atoms with van der Waals surface area (Å²) in [5, 5.41) is 14.1. The highest BCUT2D eigenvalue weighted by Gasteiger charge is 2.32.